The average Bonchev–Trinajstić information content (AvgIpc) is 3.13. The Kier molecular flexibility index (Phi) is 6.26. The molecule has 2 bridgehead atoms. The number of nitrogens with zero attached hydrogens (tertiary/aromatic N) is 2. The van der Waals surface area contributed by atoms with E-state index in [1.54, 1.807) is 42.5 Å². The van der Waals surface area contributed by atoms with E-state index in [-0.39, 0.29) is 22.9 Å². The molecule has 2 aromatic carbocycles. The zero-order valence-corrected chi connectivity index (χ0v) is 20.4. The Morgan fingerprint density at radius 3 is 1.97 bits per heavy atom. The van der Waals surface area contributed by atoms with Crippen molar-refractivity contribution in [3.05, 3.63) is 60.2 Å². The lowest BCUT2D eigenvalue weighted by Crippen LogP contribution is -2.49. The number of sulfonamides is 1. The lowest BCUT2D eigenvalue weighted by molar-refractivity contribution is 0.0598. The summed E-state index contributed by atoms with van der Waals surface area (Å²) in [5, 5.41) is -0.502. The number of morpholine rings is 1. The highest BCUT2D eigenvalue weighted by Gasteiger charge is 2.47. The SMILES string of the molecule is O=C(c1ccc(S(=O)(=O)N2CCOCC2)cc1)N1C2CCC1CC(S(=O)(=O)c1ccccc1)C2. The number of piperidine rings is 1. The minimum atomic E-state index is -3.63. The predicted molar refractivity (Wildman–Crippen MR) is 126 cm³/mol. The number of ether oxygens (including phenoxy) is 1. The van der Waals surface area contributed by atoms with Gasteiger partial charge in [0.25, 0.3) is 5.91 Å². The van der Waals surface area contributed by atoms with Crippen molar-refractivity contribution in [1.82, 2.24) is 9.21 Å². The van der Waals surface area contributed by atoms with Gasteiger partial charge >= 0.3 is 0 Å². The zero-order chi connectivity index (χ0) is 23.9. The molecule has 0 aromatic heterocycles. The normalized spacial score (nSPS) is 25.9. The predicted octanol–water partition coefficient (Wildman–Crippen LogP) is 2.32. The van der Waals surface area contributed by atoms with Gasteiger partial charge in [-0.05, 0) is 62.1 Å². The fourth-order valence-electron chi connectivity index (χ4n) is 5.37. The largest absolute Gasteiger partial charge is 0.379 e. The molecular formula is C24H28N2O6S2. The summed E-state index contributed by atoms with van der Waals surface area (Å²) in [6, 6.07) is 14.3. The molecule has 2 unspecified atom stereocenters. The molecule has 5 rings (SSSR count). The molecule has 3 aliphatic heterocycles. The molecule has 182 valence electrons. The van der Waals surface area contributed by atoms with Crippen LogP contribution < -0.4 is 0 Å². The van der Waals surface area contributed by atoms with Gasteiger partial charge in [0.2, 0.25) is 10.0 Å². The number of carbonyl (C=O) groups is 1. The number of rotatable bonds is 5. The van der Waals surface area contributed by atoms with Crippen molar-refractivity contribution in [1.29, 1.82) is 0 Å². The highest BCUT2D eigenvalue weighted by atomic mass is 32.2. The van der Waals surface area contributed by atoms with E-state index in [0.29, 0.717) is 49.6 Å². The van der Waals surface area contributed by atoms with E-state index in [1.165, 1.54) is 16.4 Å². The van der Waals surface area contributed by atoms with Crippen LogP contribution in [0.15, 0.2) is 64.4 Å². The Bertz CT molecular complexity index is 1240. The molecular weight excluding hydrogens is 476 g/mol. The zero-order valence-electron chi connectivity index (χ0n) is 18.7. The van der Waals surface area contributed by atoms with Crippen LogP contribution in [-0.4, -0.2) is 75.6 Å². The van der Waals surface area contributed by atoms with Crippen molar-refractivity contribution in [3.63, 3.8) is 0 Å². The second kappa shape index (κ2) is 9.07. The second-order valence-electron chi connectivity index (χ2n) is 9.09. The molecule has 3 saturated heterocycles. The van der Waals surface area contributed by atoms with Gasteiger partial charge in [0.15, 0.2) is 9.84 Å². The Morgan fingerprint density at radius 2 is 1.38 bits per heavy atom. The quantitative estimate of drug-likeness (QED) is 0.620. The lowest BCUT2D eigenvalue weighted by atomic mass is 10.0. The van der Waals surface area contributed by atoms with Gasteiger partial charge in [-0.2, -0.15) is 4.31 Å². The minimum absolute atomic E-state index is 0.133. The molecule has 34 heavy (non-hydrogen) atoms. The highest BCUT2D eigenvalue weighted by Crippen LogP contribution is 2.40. The molecule has 0 spiro atoms. The standard InChI is InChI=1S/C24H28N2O6S2/c27-24(18-6-10-22(11-7-18)34(30,31)25-12-14-32-15-13-25)26-19-8-9-20(26)17-23(16-19)33(28,29)21-4-2-1-3-5-21/h1-7,10-11,19-20,23H,8-9,12-17H2. The Labute approximate surface area is 200 Å². The van der Waals surface area contributed by atoms with Crippen molar-refractivity contribution in [2.45, 2.75) is 52.8 Å². The highest BCUT2D eigenvalue weighted by molar-refractivity contribution is 7.92. The molecule has 10 heteroatoms. The lowest BCUT2D eigenvalue weighted by Gasteiger charge is -2.38. The van der Waals surface area contributed by atoms with Crippen molar-refractivity contribution in [2.75, 3.05) is 26.3 Å². The van der Waals surface area contributed by atoms with Crippen molar-refractivity contribution >= 4 is 25.8 Å². The summed E-state index contributed by atoms with van der Waals surface area (Å²) in [6.45, 7) is 1.36. The van der Waals surface area contributed by atoms with E-state index in [0.717, 1.165) is 12.8 Å². The van der Waals surface area contributed by atoms with Crippen LogP contribution in [0.2, 0.25) is 0 Å². The van der Waals surface area contributed by atoms with E-state index >= 15 is 0 Å². The first kappa shape index (κ1) is 23.5. The van der Waals surface area contributed by atoms with Crippen LogP contribution in [-0.2, 0) is 24.6 Å². The number of fused-ring (bicyclic) bond motifs is 2. The van der Waals surface area contributed by atoms with Gasteiger partial charge in [-0.3, -0.25) is 4.79 Å². The van der Waals surface area contributed by atoms with Crippen LogP contribution in [0.5, 0.6) is 0 Å². The third kappa shape index (κ3) is 4.17. The minimum Gasteiger partial charge on any atom is -0.379 e. The van der Waals surface area contributed by atoms with Gasteiger partial charge in [-0.1, -0.05) is 18.2 Å². The molecule has 0 saturated carbocycles. The summed E-state index contributed by atoms with van der Waals surface area (Å²) >= 11 is 0. The maximum Gasteiger partial charge on any atom is 0.254 e. The summed E-state index contributed by atoms with van der Waals surface area (Å²) in [7, 11) is -7.08. The van der Waals surface area contributed by atoms with Crippen molar-refractivity contribution < 1.29 is 26.4 Å². The van der Waals surface area contributed by atoms with Crippen LogP contribution in [0.25, 0.3) is 0 Å². The molecule has 0 aliphatic carbocycles. The van der Waals surface area contributed by atoms with E-state index < -0.39 is 25.1 Å². The summed E-state index contributed by atoms with van der Waals surface area (Å²) in [5.74, 6) is -0.168. The van der Waals surface area contributed by atoms with E-state index in [1.807, 2.05) is 4.90 Å². The van der Waals surface area contributed by atoms with Gasteiger partial charge in [0.05, 0.1) is 28.3 Å². The fraction of sp³-hybridized carbons (Fsp3) is 0.458. The Morgan fingerprint density at radius 1 is 0.794 bits per heavy atom. The summed E-state index contributed by atoms with van der Waals surface area (Å²) in [5.41, 5.74) is 0.419. The fourth-order valence-corrected chi connectivity index (χ4v) is 8.65. The molecule has 2 atom stereocenters. The average molecular weight is 505 g/mol. The van der Waals surface area contributed by atoms with Gasteiger partial charge in [-0.25, -0.2) is 16.8 Å². The van der Waals surface area contributed by atoms with E-state index in [4.69, 9.17) is 4.74 Å². The Hall–Kier alpha value is -2.27. The second-order valence-corrected chi connectivity index (χ2v) is 13.3. The van der Waals surface area contributed by atoms with Gasteiger partial charge < -0.3 is 9.64 Å². The maximum absolute atomic E-state index is 13.3. The topological polar surface area (TPSA) is 101 Å². The van der Waals surface area contributed by atoms with Crippen LogP contribution in [0.1, 0.15) is 36.0 Å². The molecule has 1 amide bonds. The molecule has 8 nitrogen and oxygen atoms in total. The van der Waals surface area contributed by atoms with Gasteiger partial charge in [0, 0.05) is 30.7 Å². The maximum atomic E-state index is 13.3. The molecule has 2 aromatic rings. The van der Waals surface area contributed by atoms with Gasteiger partial charge in [0.1, 0.15) is 0 Å². The first-order chi connectivity index (χ1) is 16.3. The number of benzene rings is 2. The molecule has 3 aliphatic rings. The van der Waals surface area contributed by atoms with E-state index in [2.05, 4.69) is 0 Å². The number of amides is 1. The van der Waals surface area contributed by atoms with Crippen molar-refractivity contribution in [3.8, 4) is 0 Å². The summed E-state index contributed by atoms with van der Waals surface area (Å²) in [6.07, 6.45) is 2.40. The van der Waals surface area contributed by atoms with Gasteiger partial charge in [-0.15, -0.1) is 0 Å². The monoisotopic (exact) mass is 504 g/mol. The van der Waals surface area contributed by atoms with Crippen LogP contribution in [0.3, 0.4) is 0 Å². The first-order valence-electron chi connectivity index (χ1n) is 11.6. The van der Waals surface area contributed by atoms with E-state index in [9.17, 15) is 21.6 Å². The summed E-state index contributed by atoms with van der Waals surface area (Å²) < 4.78 is 58.6. The molecule has 3 fully saturated rings. The van der Waals surface area contributed by atoms with Crippen LogP contribution >= 0.6 is 0 Å². The van der Waals surface area contributed by atoms with Crippen LogP contribution in [0.4, 0.5) is 0 Å². The number of carbonyl (C=O) groups excluding carboxylic acids is 1. The number of sulfone groups is 1. The van der Waals surface area contributed by atoms with Crippen LogP contribution in [0, 0.1) is 0 Å². The summed E-state index contributed by atoms with van der Waals surface area (Å²) in [4.78, 5) is 15.7. The molecule has 0 N–H and O–H groups in total. The third-order valence-corrected chi connectivity index (χ3v) is 11.2. The Balaban J connectivity index is 1.31. The first-order valence-corrected chi connectivity index (χ1v) is 14.6. The smallest absolute Gasteiger partial charge is 0.254 e. The molecule has 3 heterocycles. The number of hydrogen-bond acceptors (Lipinski definition) is 6. The third-order valence-electron chi connectivity index (χ3n) is 7.14. The molecule has 0 radical (unpaired) electrons. The van der Waals surface area contributed by atoms with Crippen molar-refractivity contribution in [2.24, 2.45) is 0 Å². The number of hydrogen-bond donors (Lipinski definition) is 0.